The zero-order valence-electron chi connectivity index (χ0n) is 41.0. The molecule has 0 aromatic carbocycles. The van der Waals surface area contributed by atoms with Gasteiger partial charge in [-0.15, -0.1) is 0 Å². The molecule has 8 atom stereocenters. The first-order valence-corrected chi connectivity index (χ1v) is 20.3. The van der Waals surface area contributed by atoms with Gasteiger partial charge < -0.3 is 41.9 Å². The number of amides is 2. The minimum Gasteiger partial charge on any atom is -1.00 e. The van der Waals surface area contributed by atoms with Gasteiger partial charge in [-0.1, -0.05) is 70.2 Å². The fourth-order valence-electron chi connectivity index (χ4n) is 7.73. The molecule has 0 aliphatic heterocycles. The zero-order valence-corrected chi connectivity index (χ0v) is 46.2. The SMILES string of the molecule is C.C.CCC(CC)O[C@H]1[C@H](NC(C)=O)[C@@H]([N+](=O)[O-])CC(CC)(CC)[C@@H]1O.CCC(CC)O[C@H]1[C@H](NC(C)=O)[C@H]([N+](=O)[O-])CC(CC)(CC)[C@@H]1O.O=C=O.O=C=O.O=C=O.O=C=O.O=CO[O-].[H-].[K+].[K+]. The Kier molecular flexibility index (Phi) is 64.4. The number of carbonyl (C=O) groups excluding carboxylic acids is 11. The van der Waals surface area contributed by atoms with Gasteiger partial charge in [-0.05, 0) is 51.4 Å². The first kappa shape index (κ1) is 85.6. The van der Waals surface area contributed by atoms with Crippen LogP contribution in [0.5, 0.6) is 0 Å². The van der Waals surface area contributed by atoms with Crippen LogP contribution in [-0.2, 0) is 67.1 Å². The molecule has 2 saturated carbocycles. The van der Waals surface area contributed by atoms with Crippen molar-refractivity contribution in [3.05, 3.63) is 20.2 Å². The maximum atomic E-state index is 11.7. The minimum absolute atomic E-state index is 0. The van der Waals surface area contributed by atoms with Gasteiger partial charge >= 0.3 is 127 Å². The Bertz CT molecular complexity index is 1350. The molecule has 25 nitrogen and oxygen atoms in total. The Labute approximate surface area is 485 Å². The largest absolute Gasteiger partial charge is 1.00 e. The predicted molar refractivity (Wildman–Crippen MR) is 224 cm³/mol. The molecular formula is C41H74K2N4O21. The van der Waals surface area contributed by atoms with Crippen LogP contribution in [0.2, 0.25) is 0 Å². The van der Waals surface area contributed by atoms with Crippen LogP contribution in [0.3, 0.4) is 0 Å². The average molecular weight is 1040 g/mol. The summed E-state index contributed by atoms with van der Waals surface area (Å²) in [5, 5.41) is 59.1. The number of hydrogen-bond acceptors (Lipinski definition) is 21. The average Bonchev–Trinajstić information content (AvgIpc) is 3.25. The monoisotopic (exact) mass is 1040 g/mol. The third-order valence-corrected chi connectivity index (χ3v) is 11.3. The van der Waals surface area contributed by atoms with E-state index >= 15 is 0 Å². The molecule has 68 heavy (non-hydrogen) atoms. The maximum absolute atomic E-state index is 11.7. The third-order valence-electron chi connectivity index (χ3n) is 11.3. The number of nitrogens with zero attached hydrogens (tertiary/aromatic N) is 2. The van der Waals surface area contributed by atoms with Crippen LogP contribution in [0.4, 0.5) is 0 Å². The molecule has 0 spiro atoms. The van der Waals surface area contributed by atoms with Crippen molar-refractivity contribution in [2.75, 3.05) is 0 Å². The second kappa shape index (κ2) is 51.2. The van der Waals surface area contributed by atoms with Crippen molar-refractivity contribution in [2.45, 2.75) is 209 Å². The van der Waals surface area contributed by atoms with Crippen molar-refractivity contribution in [1.29, 1.82) is 0 Å². The van der Waals surface area contributed by atoms with Crippen molar-refractivity contribution in [3.8, 4) is 0 Å². The van der Waals surface area contributed by atoms with Crippen LogP contribution in [0.25, 0.3) is 0 Å². The molecule has 0 aromatic rings. The molecule has 0 unspecified atom stereocenters. The van der Waals surface area contributed by atoms with Crippen molar-refractivity contribution in [1.82, 2.24) is 10.6 Å². The Morgan fingerprint density at radius 2 is 0.838 bits per heavy atom. The van der Waals surface area contributed by atoms with Crippen LogP contribution in [0.15, 0.2) is 0 Å². The minimum atomic E-state index is -0.962. The van der Waals surface area contributed by atoms with Crippen LogP contribution >= 0.6 is 0 Å². The summed E-state index contributed by atoms with van der Waals surface area (Å²) in [6.45, 7) is 18.2. The van der Waals surface area contributed by atoms with E-state index in [4.69, 9.17) is 57.9 Å². The number of carbonyl (C=O) groups is 3. The number of aliphatic hydroxyl groups is 2. The predicted octanol–water partition coefficient (Wildman–Crippen LogP) is -3.94. The van der Waals surface area contributed by atoms with Crippen LogP contribution < -0.4 is 119 Å². The summed E-state index contributed by atoms with van der Waals surface area (Å²) in [6.07, 6.45) is 3.56. The molecule has 2 aliphatic rings. The van der Waals surface area contributed by atoms with E-state index in [1.807, 2.05) is 55.4 Å². The van der Waals surface area contributed by atoms with Gasteiger partial charge in [0.2, 0.25) is 23.9 Å². The van der Waals surface area contributed by atoms with Gasteiger partial charge in [0.15, 0.2) is 0 Å². The second-order valence-corrected chi connectivity index (χ2v) is 14.2. The molecule has 4 N–H and O–H groups in total. The molecule has 2 rings (SSSR count). The molecule has 386 valence electrons. The maximum Gasteiger partial charge on any atom is 1.00 e. The number of ether oxygens (including phenoxy) is 2. The van der Waals surface area contributed by atoms with Crippen LogP contribution in [0, 0.1) is 31.1 Å². The van der Waals surface area contributed by atoms with Gasteiger partial charge in [-0.25, -0.2) is 0 Å². The van der Waals surface area contributed by atoms with Gasteiger partial charge in [-0.3, -0.25) is 34.6 Å². The first-order chi connectivity index (χ1) is 30.1. The van der Waals surface area contributed by atoms with E-state index in [9.17, 15) is 40.0 Å². The number of nitrogens with one attached hydrogen (secondary N) is 2. The third kappa shape index (κ3) is 31.9. The smallest absolute Gasteiger partial charge is 1.00 e. The standard InChI is InChI=1S/2C17H32N2O5.CH2O3.4CO2.2CH4.2K.H/c2*1-6-12(7-2)24-15-14(18-11(5)20)13(19(22)23)10-17(8-3,9-4)16(15)21;2-1-4-3;4*2-1-3;;;;;/h2*12-16,21H,6-10H2,1-5H3,(H,18,20);1,3H;;;;;2*1H4;;;/q;;;;;;;;;2*+1;-1/p-1/t13-,14+,15-,16+;13-,14-,15+,16-;;;;;;;;;;/m01........../s1. The van der Waals surface area contributed by atoms with Crippen molar-refractivity contribution < 1.29 is 197 Å². The van der Waals surface area contributed by atoms with Gasteiger partial charge in [0, 0.05) is 47.4 Å². The van der Waals surface area contributed by atoms with Gasteiger partial charge in [0.05, 0.1) is 24.4 Å². The van der Waals surface area contributed by atoms with Crippen LogP contribution in [-0.4, -0.2) is 124 Å². The summed E-state index contributed by atoms with van der Waals surface area (Å²) in [5.74, 6) is -0.699. The van der Waals surface area contributed by atoms with E-state index in [1.165, 1.54) is 13.8 Å². The van der Waals surface area contributed by atoms with Gasteiger partial charge in [0.1, 0.15) is 24.3 Å². The summed E-state index contributed by atoms with van der Waals surface area (Å²) in [6, 6.07) is -3.56. The molecule has 2 aliphatic carbocycles. The molecule has 0 heterocycles. The van der Waals surface area contributed by atoms with Gasteiger partial charge in [-0.2, -0.15) is 38.4 Å². The zero-order chi connectivity index (χ0) is 51.2. The Morgan fingerprint density at radius 1 is 0.632 bits per heavy atom. The Morgan fingerprint density at radius 3 is 0.971 bits per heavy atom. The van der Waals surface area contributed by atoms with E-state index in [0.717, 1.165) is 25.7 Å². The summed E-state index contributed by atoms with van der Waals surface area (Å²) in [5.41, 5.74) is -1.13. The number of nitro groups is 2. The van der Waals surface area contributed by atoms with Crippen molar-refractivity contribution in [2.24, 2.45) is 10.8 Å². The Hall–Kier alpha value is -2.20. The normalized spacial score (nSPS) is 21.6. The second-order valence-electron chi connectivity index (χ2n) is 14.2. The topological polar surface area (TPSA) is 389 Å². The summed E-state index contributed by atoms with van der Waals surface area (Å²) in [7, 11) is 0. The van der Waals surface area contributed by atoms with Crippen molar-refractivity contribution >= 4 is 42.9 Å². The molecule has 0 radical (unpaired) electrons. The summed E-state index contributed by atoms with van der Waals surface area (Å²) >= 11 is 0. The number of rotatable bonds is 17. The Balaban J connectivity index is -0.0000000910. The fourth-order valence-corrected chi connectivity index (χ4v) is 7.73. The molecular weight excluding hydrogens is 963 g/mol. The van der Waals surface area contributed by atoms with E-state index < -0.39 is 59.4 Å². The molecule has 0 saturated heterocycles. The summed E-state index contributed by atoms with van der Waals surface area (Å²) < 4.78 is 12.2. The first-order valence-electron chi connectivity index (χ1n) is 20.3. The van der Waals surface area contributed by atoms with Crippen LogP contribution in [0.1, 0.15) is 150 Å². The number of hydrogen-bond donors (Lipinski definition) is 4. The molecule has 27 heteroatoms. The molecule has 0 aromatic heterocycles. The molecule has 2 fully saturated rings. The number of aliphatic hydroxyl groups excluding tert-OH is 2. The van der Waals surface area contributed by atoms with E-state index in [-0.39, 0.29) is 197 Å². The van der Waals surface area contributed by atoms with Gasteiger partial charge in [0.25, 0.3) is 6.47 Å². The van der Waals surface area contributed by atoms with E-state index in [2.05, 4.69) is 15.5 Å². The quantitative estimate of drug-likeness (QED) is 0.0355. The summed E-state index contributed by atoms with van der Waals surface area (Å²) in [4.78, 5) is 122. The van der Waals surface area contributed by atoms with E-state index in [1.54, 1.807) is 0 Å². The molecule has 0 bridgehead atoms. The molecule has 2 amide bonds. The fraction of sp³-hybridized carbons (Fsp3) is 0.829. The van der Waals surface area contributed by atoms with Crippen molar-refractivity contribution in [3.63, 3.8) is 0 Å². The van der Waals surface area contributed by atoms with E-state index in [0.29, 0.717) is 25.7 Å².